The van der Waals surface area contributed by atoms with Crippen LogP contribution >= 0.6 is 23.6 Å². The molecule has 0 amide bonds. The molecular weight excluding hydrogens is 428 g/mol. The van der Waals surface area contributed by atoms with Crippen LogP contribution in [0, 0.1) is 0 Å². The van der Waals surface area contributed by atoms with Gasteiger partial charge in [0.2, 0.25) is 5.82 Å². The standard InChI is InChI=1S/C23H26N4O2S2/c1-15(2)28-13-8-12-27-16(3)19(20(24-23(27)30)17-9-5-4-6-10-17)22-25-21(26-29-22)18-11-7-14-31-18/h4-7,9-11,14-15,20H,8,12-13H2,1-3H3,(H,24,30). The highest BCUT2D eigenvalue weighted by atomic mass is 32.1. The van der Waals surface area contributed by atoms with E-state index in [-0.39, 0.29) is 12.1 Å². The van der Waals surface area contributed by atoms with Crippen LogP contribution in [-0.2, 0) is 4.74 Å². The molecule has 1 aliphatic heterocycles. The van der Waals surface area contributed by atoms with E-state index in [4.69, 9.17) is 26.5 Å². The molecule has 8 heteroatoms. The van der Waals surface area contributed by atoms with Crippen molar-refractivity contribution in [2.24, 2.45) is 0 Å². The molecule has 0 spiro atoms. The normalized spacial score (nSPS) is 16.8. The molecule has 162 valence electrons. The number of benzene rings is 1. The van der Waals surface area contributed by atoms with Gasteiger partial charge < -0.3 is 19.5 Å². The van der Waals surface area contributed by atoms with Crippen molar-refractivity contribution < 1.29 is 9.26 Å². The first-order valence-corrected chi connectivity index (χ1v) is 11.7. The van der Waals surface area contributed by atoms with Crippen LogP contribution in [0.15, 0.2) is 58.1 Å². The van der Waals surface area contributed by atoms with Gasteiger partial charge in [0, 0.05) is 18.8 Å². The number of rotatable bonds is 8. The number of aromatic nitrogens is 2. The molecule has 0 radical (unpaired) electrons. The molecule has 1 atom stereocenters. The summed E-state index contributed by atoms with van der Waals surface area (Å²) >= 11 is 7.32. The largest absolute Gasteiger partial charge is 0.379 e. The van der Waals surface area contributed by atoms with Gasteiger partial charge in [-0.05, 0) is 56.4 Å². The predicted octanol–water partition coefficient (Wildman–Crippen LogP) is 5.28. The van der Waals surface area contributed by atoms with Gasteiger partial charge in [-0.3, -0.25) is 0 Å². The van der Waals surface area contributed by atoms with E-state index in [2.05, 4.69) is 34.4 Å². The first-order valence-electron chi connectivity index (χ1n) is 10.4. The Morgan fingerprint density at radius 3 is 2.74 bits per heavy atom. The number of thiophene rings is 1. The van der Waals surface area contributed by atoms with Crippen LogP contribution in [0.4, 0.5) is 0 Å². The lowest BCUT2D eigenvalue weighted by Gasteiger charge is -2.37. The number of hydrogen-bond donors (Lipinski definition) is 1. The van der Waals surface area contributed by atoms with Crippen molar-refractivity contribution >= 4 is 34.2 Å². The van der Waals surface area contributed by atoms with Gasteiger partial charge in [-0.2, -0.15) is 4.98 Å². The van der Waals surface area contributed by atoms with Gasteiger partial charge in [-0.1, -0.05) is 41.6 Å². The molecule has 1 aromatic carbocycles. The summed E-state index contributed by atoms with van der Waals surface area (Å²) < 4.78 is 11.4. The van der Waals surface area contributed by atoms with E-state index in [1.54, 1.807) is 11.3 Å². The van der Waals surface area contributed by atoms with Crippen molar-refractivity contribution in [1.29, 1.82) is 0 Å². The fourth-order valence-electron chi connectivity index (χ4n) is 3.60. The SMILES string of the molecule is CC1=C(c2nc(-c3cccs3)no2)C(c2ccccc2)NC(=S)N1CCCOC(C)C. The Morgan fingerprint density at radius 1 is 1.23 bits per heavy atom. The molecule has 3 aromatic rings. The average molecular weight is 455 g/mol. The lowest BCUT2D eigenvalue weighted by atomic mass is 9.95. The lowest BCUT2D eigenvalue weighted by Crippen LogP contribution is -2.46. The van der Waals surface area contributed by atoms with E-state index in [0.29, 0.717) is 23.4 Å². The second-order valence-corrected chi connectivity index (χ2v) is 8.95. The molecular formula is C23H26N4O2S2. The number of allylic oxidation sites excluding steroid dienone is 1. The second kappa shape index (κ2) is 9.72. The van der Waals surface area contributed by atoms with E-state index < -0.39 is 0 Å². The molecule has 0 aliphatic carbocycles. The van der Waals surface area contributed by atoms with Crippen LogP contribution in [0.1, 0.15) is 44.7 Å². The molecule has 0 saturated carbocycles. The molecule has 0 fully saturated rings. The van der Waals surface area contributed by atoms with Crippen LogP contribution in [-0.4, -0.2) is 39.4 Å². The summed E-state index contributed by atoms with van der Waals surface area (Å²) in [5, 5.41) is 10.4. The van der Waals surface area contributed by atoms with Gasteiger partial charge in [0.1, 0.15) is 0 Å². The number of thiocarbonyl (C=S) groups is 1. The molecule has 3 heterocycles. The summed E-state index contributed by atoms with van der Waals surface area (Å²) in [6.45, 7) is 7.59. The van der Waals surface area contributed by atoms with E-state index in [1.165, 1.54) is 0 Å². The summed E-state index contributed by atoms with van der Waals surface area (Å²) in [6.07, 6.45) is 1.08. The number of hydrogen-bond acceptors (Lipinski definition) is 6. The van der Waals surface area contributed by atoms with Gasteiger partial charge in [0.25, 0.3) is 5.89 Å². The first-order chi connectivity index (χ1) is 15.0. The Labute approximate surface area is 191 Å². The minimum Gasteiger partial charge on any atom is -0.379 e. The maximum atomic E-state index is 5.74. The zero-order valence-electron chi connectivity index (χ0n) is 17.9. The third-order valence-electron chi connectivity index (χ3n) is 5.10. The Hall–Kier alpha value is -2.55. The Bertz CT molecular complexity index is 1040. The monoisotopic (exact) mass is 454 g/mol. The molecule has 1 unspecified atom stereocenters. The molecule has 0 bridgehead atoms. The quantitative estimate of drug-likeness (QED) is 0.367. The summed E-state index contributed by atoms with van der Waals surface area (Å²) in [5.41, 5.74) is 3.06. The van der Waals surface area contributed by atoms with Crippen molar-refractivity contribution in [3.63, 3.8) is 0 Å². The summed E-state index contributed by atoms with van der Waals surface area (Å²) in [5.74, 6) is 1.11. The molecule has 31 heavy (non-hydrogen) atoms. The van der Waals surface area contributed by atoms with Gasteiger partial charge in [-0.15, -0.1) is 11.3 Å². The molecule has 2 aromatic heterocycles. The van der Waals surface area contributed by atoms with Crippen LogP contribution in [0.3, 0.4) is 0 Å². The lowest BCUT2D eigenvalue weighted by molar-refractivity contribution is 0.0749. The molecule has 1 aliphatic rings. The first kappa shape index (κ1) is 21.7. The van der Waals surface area contributed by atoms with E-state index in [0.717, 1.165) is 34.7 Å². The van der Waals surface area contributed by atoms with Crippen molar-refractivity contribution in [3.05, 3.63) is 65.0 Å². The van der Waals surface area contributed by atoms with Gasteiger partial charge in [0.15, 0.2) is 5.11 Å². The fraction of sp³-hybridized carbons (Fsp3) is 0.348. The second-order valence-electron chi connectivity index (χ2n) is 7.62. The Kier molecular flexibility index (Phi) is 6.80. The molecule has 1 N–H and O–H groups in total. The topological polar surface area (TPSA) is 63.4 Å². The molecule has 4 rings (SSSR count). The maximum Gasteiger partial charge on any atom is 0.258 e. The minimum absolute atomic E-state index is 0.159. The van der Waals surface area contributed by atoms with Gasteiger partial charge >= 0.3 is 0 Å². The Balaban J connectivity index is 1.68. The van der Waals surface area contributed by atoms with Crippen molar-refractivity contribution in [3.8, 4) is 10.7 Å². The highest BCUT2D eigenvalue weighted by molar-refractivity contribution is 7.80. The average Bonchev–Trinajstić information content (AvgIpc) is 3.45. The highest BCUT2D eigenvalue weighted by Gasteiger charge is 2.33. The van der Waals surface area contributed by atoms with Crippen LogP contribution in [0.2, 0.25) is 0 Å². The highest BCUT2D eigenvalue weighted by Crippen LogP contribution is 2.37. The van der Waals surface area contributed by atoms with Crippen molar-refractivity contribution in [1.82, 2.24) is 20.4 Å². The van der Waals surface area contributed by atoms with Gasteiger partial charge in [0.05, 0.1) is 22.6 Å². The molecule has 0 saturated heterocycles. The third-order valence-corrected chi connectivity index (χ3v) is 6.31. The minimum atomic E-state index is -0.159. The predicted molar refractivity (Wildman–Crippen MR) is 128 cm³/mol. The summed E-state index contributed by atoms with van der Waals surface area (Å²) in [6, 6.07) is 14.0. The van der Waals surface area contributed by atoms with Crippen molar-refractivity contribution in [2.75, 3.05) is 13.2 Å². The maximum absolute atomic E-state index is 5.74. The zero-order chi connectivity index (χ0) is 21.8. The van der Waals surface area contributed by atoms with Crippen LogP contribution < -0.4 is 5.32 Å². The van der Waals surface area contributed by atoms with Crippen molar-refractivity contribution in [2.45, 2.75) is 39.3 Å². The number of ether oxygens (including phenoxy) is 1. The summed E-state index contributed by atoms with van der Waals surface area (Å²) in [4.78, 5) is 7.80. The number of nitrogens with one attached hydrogen (secondary N) is 1. The van der Waals surface area contributed by atoms with E-state index in [9.17, 15) is 0 Å². The van der Waals surface area contributed by atoms with Crippen LogP contribution in [0.5, 0.6) is 0 Å². The smallest absolute Gasteiger partial charge is 0.258 e. The third kappa shape index (κ3) is 4.87. The van der Waals surface area contributed by atoms with Gasteiger partial charge in [-0.25, -0.2) is 0 Å². The van der Waals surface area contributed by atoms with Crippen LogP contribution in [0.25, 0.3) is 16.3 Å². The zero-order valence-corrected chi connectivity index (χ0v) is 19.5. The molecule has 6 nitrogen and oxygen atoms in total. The summed E-state index contributed by atoms with van der Waals surface area (Å²) in [7, 11) is 0. The van der Waals surface area contributed by atoms with E-state index >= 15 is 0 Å². The number of nitrogens with zero attached hydrogens (tertiary/aromatic N) is 3. The van der Waals surface area contributed by atoms with E-state index in [1.807, 2.05) is 49.6 Å². The Morgan fingerprint density at radius 2 is 2.03 bits per heavy atom. The fourth-order valence-corrected chi connectivity index (χ4v) is 4.60.